The van der Waals surface area contributed by atoms with Gasteiger partial charge >= 0.3 is 0 Å². The number of rotatable bonds is 3. The van der Waals surface area contributed by atoms with Gasteiger partial charge in [0.05, 0.1) is 19.8 Å². The molecule has 0 bridgehead atoms. The van der Waals surface area contributed by atoms with Crippen LogP contribution in [0.2, 0.25) is 0 Å². The third kappa shape index (κ3) is 2.79. The van der Waals surface area contributed by atoms with E-state index in [1.807, 2.05) is 0 Å². The Labute approximate surface area is 79.1 Å². The van der Waals surface area contributed by atoms with Crippen molar-refractivity contribution < 1.29 is 9.47 Å². The van der Waals surface area contributed by atoms with Crippen LogP contribution < -0.4 is 5.32 Å². The predicted octanol–water partition coefficient (Wildman–Crippen LogP) is 0.712. The zero-order valence-electron chi connectivity index (χ0n) is 7.92. The van der Waals surface area contributed by atoms with E-state index in [1.54, 1.807) is 0 Å². The molecule has 1 fully saturated rings. The predicted molar refractivity (Wildman–Crippen MR) is 50.7 cm³/mol. The van der Waals surface area contributed by atoms with Crippen molar-refractivity contribution in [2.75, 3.05) is 33.0 Å². The van der Waals surface area contributed by atoms with Crippen LogP contribution in [0.3, 0.4) is 0 Å². The number of hydrogen-bond donors (Lipinski definition) is 1. The Hall–Kier alpha value is -0.380. The van der Waals surface area contributed by atoms with Crippen LogP contribution in [-0.4, -0.2) is 39.0 Å². The third-order valence-electron chi connectivity index (χ3n) is 2.53. The fraction of sp³-hybridized carbons (Fsp3) is 0.800. The average Bonchev–Trinajstić information content (AvgIpc) is 2.69. The maximum Gasteiger partial charge on any atom is 0.0689 e. The fourth-order valence-electron chi connectivity index (χ4n) is 1.70. The zero-order chi connectivity index (χ0) is 8.93. The lowest BCUT2D eigenvalue weighted by atomic mass is 10.2. The maximum atomic E-state index is 5.36. The van der Waals surface area contributed by atoms with Crippen molar-refractivity contribution in [3.05, 3.63) is 11.6 Å². The van der Waals surface area contributed by atoms with E-state index >= 15 is 0 Å². The van der Waals surface area contributed by atoms with E-state index in [0.717, 1.165) is 45.8 Å². The Morgan fingerprint density at radius 1 is 1.38 bits per heavy atom. The van der Waals surface area contributed by atoms with Crippen LogP contribution >= 0.6 is 0 Å². The molecule has 0 amide bonds. The average molecular weight is 183 g/mol. The summed E-state index contributed by atoms with van der Waals surface area (Å²) in [6, 6.07) is 0.558. The highest BCUT2D eigenvalue weighted by Gasteiger charge is 2.15. The molecule has 0 spiro atoms. The Bertz CT molecular complexity index is 185. The van der Waals surface area contributed by atoms with E-state index in [9.17, 15) is 0 Å². The molecular weight excluding hydrogens is 166 g/mol. The quantitative estimate of drug-likeness (QED) is 0.654. The first-order chi connectivity index (χ1) is 6.45. The molecular formula is C10H17NO2. The van der Waals surface area contributed by atoms with Gasteiger partial charge in [0.15, 0.2) is 0 Å². The van der Waals surface area contributed by atoms with Crippen LogP contribution in [0.15, 0.2) is 11.6 Å². The minimum atomic E-state index is 0.558. The molecule has 13 heavy (non-hydrogen) atoms. The lowest BCUT2D eigenvalue weighted by molar-refractivity contribution is 0.148. The van der Waals surface area contributed by atoms with Gasteiger partial charge in [0.1, 0.15) is 0 Å². The zero-order valence-corrected chi connectivity index (χ0v) is 7.92. The van der Waals surface area contributed by atoms with E-state index in [2.05, 4.69) is 11.4 Å². The van der Waals surface area contributed by atoms with Crippen molar-refractivity contribution in [3.8, 4) is 0 Å². The van der Waals surface area contributed by atoms with Crippen molar-refractivity contribution in [1.29, 1.82) is 0 Å². The molecule has 1 saturated heterocycles. The van der Waals surface area contributed by atoms with Crippen molar-refractivity contribution >= 4 is 0 Å². The molecule has 0 radical (unpaired) electrons. The van der Waals surface area contributed by atoms with Gasteiger partial charge in [-0.2, -0.15) is 0 Å². The van der Waals surface area contributed by atoms with Gasteiger partial charge < -0.3 is 14.8 Å². The van der Waals surface area contributed by atoms with Crippen LogP contribution in [0, 0.1) is 0 Å². The molecule has 2 rings (SSSR count). The van der Waals surface area contributed by atoms with Gasteiger partial charge in [-0.25, -0.2) is 0 Å². The molecule has 0 aliphatic carbocycles. The van der Waals surface area contributed by atoms with E-state index in [0.29, 0.717) is 6.04 Å². The summed E-state index contributed by atoms with van der Waals surface area (Å²) < 4.78 is 10.6. The molecule has 2 aliphatic rings. The second kappa shape index (κ2) is 4.74. The molecule has 2 heterocycles. The monoisotopic (exact) mass is 183 g/mol. The van der Waals surface area contributed by atoms with Gasteiger partial charge in [-0.15, -0.1) is 0 Å². The third-order valence-corrected chi connectivity index (χ3v) is 2.53. The molecule has 0 saturated carbocycles. The fourth-order valence-corrected chi connectivity index (χ4v) is 1.70. The molecule has 74 valence electrons. The number of hydrogen-bond acceptors (Lipinski definition) is 3. The van der Waals surface area contributed by atoms with Gasteiger partial charge in [0.2, 0.25) is 0 Å². The van der Waals surface area contributed by atoms with Crippen molar-refractivity contribution in [2.45, 2.75) is 18.9 Å². The van der Waals surface area contributed by atoms with Gasteiger partial charge in [0, 0.05) is 19.2 Å². The molecule has 0 aromatic heterocycles. The summed E-state index contributed by atoms with van der Waals surface area (Å²) in [5.74, 6) is 0. The number of nitrogens with one attached hydrogen (secondary N) is 1. The Balaban J connectivity index is 1.68. The minimum Gasteiger partial charge on any atom is -0.380 e. The summed E-state index contributed by atoms with van der Waals surface area (Å²) in [7, 11) is 0. The van der Waals surface area contributed by atoms with Crippen LogP contribution in [0.25, 0.3) is 0 Å². The van der Waals surface area contributed by atoms with Gasteiger partial charge in [-0.1, -0.05) is 6.08 Å². The minimum absolute atomic E-state index is 0.558. The first-order valence-electron chi connectivity index (χ1n) is 5.02. The van der Waals surface area contributed by atoms with Gasteiger partial charge in [0.25, 0.3) is 0 Å². The molecule has 1 unspecified atom stereocenters. The number of ether oxygens (including phenoxy) is 2. The van der Waals surface area contributed by atoms with Crippen molar-refractivity contribution in [3.63, 3.8) is 0 Å². The lowest BCUT2D eigenvalue weighted by Gasteiger charge is -2.16. The largest absolute Gasteiger partial charge is 0.380 e. The molecule has 0 aromatic carbocycles. The van der Waals surface area contributed by atoms with Crippen LogP contribution in [0.1, 0.15) is 12.8 Å². The van der Waals surface area contributed by atoms with Crippen LogP contribution in [0.5, 0.6) is 0 Å². The SMILES string of the molecule is C1=C(CNC2CCOC2)COCC1. The standard InChI is InChI=1S/C10H17NO2/c1-2-9(7-12-4-1)6-11-10-3-5-13-8-10/h2,10-11H,1,3-8H2. The van der Waals surface area contributed by atoms with Crippen molar-refractivity contribution in [2.24, 2.45) is 0 Å². The molecule has 1 N–H and O–H groups in total. The topological polar surface area (TPSA) is 30.5 Å². The van der Waals surface area contributed by atoms with Gasteiger partial charge in [-0.05, 0) is 18.4 Å². The van der Waals surface area contributed by atoms with Gasteiger partial charge in [-0.3, -0.25) is 0 Å². The second-order valence-electron chi connectivity index (χ2n) is 3.65. The second-order valence-corrected chi connectivity index (χ2v) is 3.65. The van der Waals surface area contributed by atoms with Crippen LogP contribution in [-0.2, 0) is 9.47 Å². The highest BCUT2D eigenvalue weighted by molar-refractivity contribution is 5.07. The van der Waals surface area contributed by atoms with E-state index in [4.69, 9.17) is 9.47 Å². The molecule has 0 aromatic rings. The van der Waals surface area contributed by atoms with E-state index < -0.39 is 0 Å². The summed E-state index contributed by atoms with van der Waals surface area (Å²) in [5.41, 5.74) is 1.39. The molecule has 3 nitrogen and oxygen atoms in total. The summed E-state index contributed by atoms with van der Waals surface area (Å²) in [6.07, 6.45) is 4.50. The molecule has 1 atom stereocenters. The summed E-state index contributed by atoms with van der Waals surface area (Å²) in [5, 5.41) is 3.48. The lowest BCUT2D eigenvalue weighted by Crippen LogP contribution is -2.32. The van der Waals surface area contributed by atoms with Crippen molar-refractivity contribution in [1.82, 2.24) is 5.32 Å². The highest BCUT2D eigenvalue weighted by Crippen LogP contribution is 2.07. The molecule has 2 aliphatic heterocycles. The summed E-state index contributed by atoms with van der Waals surface area (Å²) in [4.78, 5) is 0. The summed E-state index contributed by atoms with van der Waals surface area (Å²) >= 11 is 0. The highest BCUT2D eigenvalue weighted by atomic mass is 16.5. The Morgan fingerprint density at radius 3 is 3.08 bits per heavy atom. The Kier molecular flexibility index (Phi) is 3.35. The Morgan fingerprint density at radius 2 is 2.38 bits per heavy atom. The van der Waals surface area contributed by atoms with E-state index in [1.165, 1.54) is 5.57 Å². The van der Waals surface area contributed by atoms with E-state index in [-0.39, 0.29) is 0 Å². The van der Waals surface area contributed by atoms with Crippen LogP contribution in [0.4, 0.5) is 0 Å². The first kappa shape index (κ1) is 9.19. The molecule has 3 heteroatoms. The smallest absolute Gasteiger partial charge is 0.0689 e. The first-order valence-corrected chi connectivity index (χ1v) is 5.02. The maximum absolute atomic E-state index is 5.36. The summed E-state index contributed by atoms with van der Waals surface area (Å²) in [6.45, 7) is 4.44. The normalized spacial score (nSPS) is 28.9.